The summed E-state index contributed by atoms with van der Waals surface area (Å²) in [7, 11) is 3.41. The minimum atomic E-state index is 0.162. The lowest BCUT2D eigenvalue weighted by Crippen LogP contribution is -2.47. The summed E-state index contributed by atoms with van der Waals surface area (Å²) in [4.78, 5) is 5.06. The molecule has 0 aromatic heterocycles. The molecule has 1 saturated heterocycles. The number of hydrogen-bond acceptors (Lipinski definition) is 5. The molecule has 3 aromatic rings. The van der Waals surface area contributed by atoms with Gasteiger partial charge in [-0.2, -0.15) is 5.26 Å². The van der Waals surface area contributed by atoms with Crippen molar-refractivity contribution in [2.24, 2.45) is 0 Å². The first-order valence-electron chi connectivity index (χ1n) is 14.4. The van der Waals surface area contributed by atoms with E-state index < -0.39 is 0 Å². The van der Waals surface area contributed by atoms with Crippen molar-refractivity contribution < 1.29 is 9.47 Å². The third kappa shape index (κ3) is 7.85. The normalized spacial score (nSPS) is 14.3. The van der Waals surface area contributed by atoms with E-state index in [1.165, 1.54) is 54.4 Å². The van der Waals surface area contributed by atoms with Crippen molar-refractivity contribution in [3.8, 4) is 17.6 Å². The summed E-state index contributed by atoms with van der Waals surface area (Å²) in [5, 5.41) is 9.76. The van der Waals surface area contributed by atoms with Gasteiger partial charge in [-0.3, -0.25) is 9.80 Å². The number of unbranched alkanes of at least 4 members (excludes halogenated alkanes) is 4. The van der Waals surface area contributed by atoms with Gasteiger partial charge in [-0.1, -0.05) is 69.0 Å². The van der Waals surface area contributed by atoms with Crippen LogP contribution in [0.2, 0.25) is 0 Å². The fourth-order valence-corrected chi connectivity index (χ4v) is 5.58. The molecule has 5 heteroatoms. The Kier molecular flexibility index (Phi) is 10.8. The zero-order valence-corrected chi connectivity index (χ0v) is 23.9. The number of nitrogens with zero attached hydrogens (tertiary/aromatic N) is 3. The van der Waals surface area contributed by atoms with Gasteiger partial charge in [0.15, 0.2) is 0 Å². The van der Waals surface area contributed by atoms with E-state index >= 15 is 0 Å². The van der Waals surface area contributed by atoms with Crippen LogP contribution in [0.5, 0.6) is 11.5 Å². The Morgan fingerprint density at radius 1 is 0.769 bits per heavy atom. The number of aryl methyl sites for hydroxylation is 1. The predicted octanol–water partition coefficient (Wildman–Crippen LogP) is 7.00. The van der Waals surface area contributed by atoms with Gasteiger partial charge in [0.1, 0.15) is 11.5 Å². The predicted molar refractivity (Wildman–Crippen MR) is 158 cm³/mol. The van der Waals surface area contributed by atoms with Crippen LogP contribution in [0.25, 0.3) is 0 Å². The molecule has 0 saturated carbocycles. The van der Waals surface area contributed by atoms with Crippen molar-refractivity contribution in [2.45, 2.75) is 58.0 Å². The van der Waals surface area contributed by atoms with E-state index in [-0.39, 0.29) is 6.04 Å². The topological polar surface area (TPSA) is 48.7 Å². The monoisotopic (exact) mass is 525 g/mol. The highest BCUT2D eigenvalue weighted by Gasteiger charge is 2.27. The SMILES string of the molecule is CCCCCCCc1ccc(C#N)c(CN2CCN(C(c3ccc(OC)cc3)c3ccc(OC)cc3)CC2)c1. The first kappa shape index (κ1) is 28.7. The molecule has 0 atom stereocenters. The molecule has 0 N–H and O–H groups in total. The molecule has 39 heavy (non-hydrogen) atoms. The number of piperazine rings is 1. The molecule has 206 valence electrons. The molecular weight excluding hydrogens is 482 g/mol. The molecule has 1 heterocycles. The number of hydrogen-bond donors (Lipinski definition) is 0. The molecule has 1 aliphatic heterocycles. The van der Waals surface area contributed by atoms with Gasteiger partial charge < -0.3 is 9.47 Å². The van der Waals surface area contributed by atoms with Crippen molar-refractivity contribution >= 4 is 0 Å². The molecule has 0 unspecified atom stereocenters. The van der Waals surface area contributed by atoms with Gasteiger partial charge in [-0.15, -0.1) is 0 Å². The van der Waals surface area contributed by atoms with Gasteiger partial charge in [0.25, 0.3) is 0 Å². The first-order valence-corrected chi connectivity index (χ1v) is 14.4. The maximum Gasteiger partial charge on any atom is 0.118 e. The quantitative estimate of drug-likeness (QED) is 0.225. The molecule has 0 amide bonds. The summed E-state index contributed by atoms with van der Waals surface area (Å²) in [5.41, 5.74) is 5.85. The fraction of sp³-hybridized carbons (Fsp3) is 0.441. The van der Waals surface area contributed by atoms with Crippen LogP contribution in [0, 0.1) is 11.3 Å². The Balaban J connectivity index is 1.43. The van der Waals surface area contributed by atoms with E-state index in [9.17, 15) is 5.26 Å². The Bertz CT molecular complexity index is 1150. The smallest absolute Gasteiger partial charge is 0.118 e. The third-order valence-corrected chi connectivity index (χ3v) is 7.89. The number of benzene rings is 3. The molecule has 0 radical (unpaired) electrons. The highest BCUT2D eigenvalue weighted by molar-refractivity contribution is 5.41. The summed E-state index contributed by atoms with van der Waals surface area (Å²) < 4.78 is 10.8. The third-order valence-electron chi connectivity index (χ3n) is 7.89. The van der Waals surface area contributed by atoms with Crippen molar-refractivity contribution in [3.05, 3.63) is 94.5 Å². The van der Waals surface area contributed by atoms with E-state index in [4.69, 9.17) is 9.47 Å². The lowest BCUT2D eigenvalue weighted by atomic mass is 9.96. The van der Waals surface area contributed by atoms with E-state index in [0.29, 0.717) is 0 Å². The Morgan fingerprint density at radius 3 is 1.90 bits per heavy atom. The highest BCUT2D eigenvalue weighted by Crippen LogP contribution is 2.32. The standard InChI is InChI=1S/C34H43N3O2/c1-4-5-6-7-8-9-27-10-11-30(25-35)31(24-27)26-36-20-22-37(23-21-36)34(28-12-16-32(38-2)17-13-28)29-14-18-33(39-3)19-15-29/h10-19,24,34H,4-9,20-23,26H2,1-3H3. The van der Waals surface area contributed by atoms with Crippen LogP contribution in [0.15, 0.2) is 66.7 Å². The van der Waals surface area contributed by atoms with Crippen molar-refractivity contribution in [1.82, 2.24) is 9.80 Å². The highest BCUT2D eigenvalue weighted by atomic mass is 16.5. The van der Waals surface area contributed by atoms with Crippen LogP contribution >= 0.6 is 0 Å². The second-order valence-corrected chi connectivity index (χ2v) is 10.5. The maximum absolute atomic E-state index is 9.76. The van der Waals surface area contributed by atoms with Gasteiger partial charge in [0, 0.05) is 32.7 Å². The first-order chi connectivity index (χ1) is 19.1. The molecule has 1 aliphatic rings. The molecule has 1 fully saturated rings. The molecule has 0 aliphatic carbocycles. The lowest BCUT2D eigenvalue weighted by Gasteiger charge is -2.40. The molecule has 4 rings (SSSR count). The maximum atomic E-state index is 9.76. The zero-order chi connectivity index (χ0) is 27.5. The Morgan fingerprint density at radius 2 is 1.36 bits per heavy atom. The van der Waals surface area contributed by atoms with Crippen molar-refractivity contribution in [3.63, 3.8) is 0 Å². The molecule has 3 aromatic carbocycles. The van der Waals surface area contributed by atoms with Crippen molar-refractivity contribution in [1.29, 1.82) is 5.26 Å². The Labute approximate surface area is 235 Å². The van der Waals surface area contributed by atoms with Gasteiger partial charge in [-0.05, 0) is 65.4 Å². The summed E-state index contributed by atoms with van der Waals surface area (Å²) in [6.45, 7) is 6.94. The fourth-order valence-electron chi connectivity index (χ4n) is 5.58. The average molecular weight is 526 g/mol. The lowest BCUT2D eigenvalue weighted by molar-refractivity contribution is 0.105. The van der Waals surface area contributed by atoms with Crippen LogP contribution in [0.3, 0.4) is 0 Å². The van der Waals surface area contributed by atoms with E-state index in [0.717, 1.165) is 56.2 Å². The number of nitriles is 1. The van der Waals surface area contributed by atoms with Gasteiger partial charge in [0.2, 0.25) is 0 Å². The second-order valence-electron chi connectivity index (χ2n) is 10.5. The van der Waals surface area contributed by atoms with Crippen LogP contribution in [-0.4, -0.2) is 50.2 Å². The molecular formula is C34H43N3O2. The number of ether oxygens (including phenoxy) is 2. The second kappa shape index (κ2) is 14.7. The number of methoxy groups -OCH3 is 2. The minimum Gasteiger partial charge on any atom is -0.497 e. The summed E-state index contributed by atoms with van der Waals surface area (Å²) in [6, 6.07) is 25.9. The van der Waals surface area contributed by atoms with Crippen molar-refractivity contribution in [2.75, 3.05) is 40.4 Å². The van der Waals surface area contributed by atoms with E-state index in [2.05, 4.69) is 59.2 Å². The van der Waals surface area contributed by atoms with Gasteiger partial charge >= 0.3 is 0 Å². The molecule has 0 spiro atoms. The van der Waals surface area contributed by atoms with Gasteiger partial charge in [-0.25, -0.2) is 0 Å². The Hall–Kier alpha value is -3.33. The van der Waals surface area contributed by atoms with Gasteiger partial charge in [0.05, 0.1) is 31.9 Å². The summed E-state index contributed by atoms with van der Waals surface area (Å²) in [5.74, 6) is 1.74. The number of rotatable bonds is 13. The minimum absolute atomic E-state index is 0.162. The van der Waals surface area contributed by atoms with E-state index in [1.54, 1.807) is 14.2 Å². The van der Waals surface area contributed by atoms with Crippen LogP contribution in [-0.2, 0) is 13.0 Å². The largest absolute Gasteiger partial charge is 0.497 e. The van der Waals surface area contributed by atoms with Crippen LogP contribution in [0.1, 0.15) is 72.9 Å². The summed E-state index contributed by atoms with van der Waals surface area (Å²) in [6.07, 6.45) is 7.52. The summed E-state index contributed by atoms with van der Waals surface area (Å²) >= 11 is 0. The zero-order valence-electron chi connectivity index (χ0n) is 23.9. The van der Waals surface area contributed by atoms with E-state index in [1.807, 2.05) is 30.3 Å². The van der Waals surface area contributed by atoms with Crippen LogP contribution < -0.4 is 9.47 Å². The average Bonchev–Trinajstić information content (AvgIpc) is 2.99. The molecule has 0 bridgehead atoms. The van der Waals surface area contributed by atoms with Crippen LogP contribution in [0.4, 0.5) is 0 Å². The molecule has 5 nitrogen and oxygen atoms in total.